The van der Waals surface area contributed by atoms with Crippen LogP contribution in [0.15, 0.2) is 34.1 Å². The second-order valence-electron chi connectivity index (χ2n) is 5.82. The summed E-state index contributed by atoms with van der Waals surface area (Å²) in [6.07, 6.45) is 1.90. The van der Waals surface area contributed by atoms with Gasteiger partial charge in [-0.15, -0.1) is 0 Å². The van der Waals surface area contributed by atoms with Crippen molar-refractivity contribution in [2.75, 3.05) is 6.54 Å². The smallest absolute Gasteiger partial charge is 0.270 e. The summed E-state index contributed by atoms with van der Waals surface area (Å²) >= 11 is 7.32. The lowest BCUT2D eigenvalue weighted by Crippen LogP contribution is -2.41. The first-order valence-corrected chi connectivity index (χ1v) is 7.65. The molecule has 0 N–H and O–H groups in total. The normalized spacial score (nSPS) is 17.6. The Morgan fingerprint density at radius 2 is 2.05 bits per heavy atom. The Balaban J connectivity index is 2.12. The van der Waals surface area contributed by atoms with E-state index < -0.39 is 0 Å². The molecule has 104 valence electrons. The first-order valence-electron chi connectivity index (χ1n) is 6.46. The molecule has 1 aromatic carbocycles. The van der Waals surface area contributed by atoms with Gasteiger partial charge in [0.2, 0.25) is 0 Å². The standard InChI is InChI=1S/C15H15ClN2OS/c1-15(2)8-17-14-18(9-15)13(19)12(20-14)7-10-3-5-11(16)6-4-10/h3-7H,8-9H2,1-2H3/b12-7+. The van der Waals surface area contributed by atoms with E-state index in [1.807, 2.05) is 30.3 Å². The minimum absolute atomic E-state index is 0.0510. The summed E-state index contributed by atoms with van der Waals surface area (Å²) in [6, 6.07) is 7.47. The predicted octanol–water partition coefficient (Wildman–Crippen LogP) is 2.05. The van der Waals surface area contributed by atoms with Crippen LogP contribution < -0.4 is 14.9 Å². The van der Waals surface area contributed by atoms with Gasteiger partial charge in [-0.25, -0.2) is 0 Å². The Morgan fingerprint density at radius 3 is 2.75 bits per heavy atom. The molecule has 0 bridgehead atoms. The fourth-order valence-electron chi connectivity index (χ4n) is 2.24. The van der Waals surface area contributed by atoms with Crippen molar-refractivity contribution in [1.29, 1.82) is 0 Å². The van der Waals surface area contributed by atoms with E-state index in [0.717, 1.165) is 28.0 Å². The number of fused-ring (bicyclic) bond motifs is 1. The fraction of sp³-hybridized carbons (Fsp3) is 0.333. The topological polar surface area (TPSA) is 34.4 Å². The number of hydrogen-bond donors (Lipinski definition) is 0. The summed E-state index contributed by atoms with van der Waals surface area (Å²) in [5.74, 6) is 0. The second kappa shape index (κ2) is 4.86. The molecule has 0 atom stereocenters. The quantitative estimate of drug-likeness (QED) is 0.794. The van der Waals surface area contributed by atoms with Crippen LogP contribution >= 0.6 is 22.9 Å². The van der Waals surface area contributed by atoms with E-state index in [-0.39, 0.29) is 11.0 Å². The molecule has 0 spiro atoms. The van der Waals surface area contributed by atoms with Crippen molar-refractivity contribution in [3.8, 4) is 0 Å². The Bertz CT molecular complexity index is 815. The first kappa shape index (κ1) is 13.6. The lowest BCUT2D eigenvalue weighted by Gasteiger charge is -2.25. The van der Waals surface area contributed by atoms with Crippen LogP contribution in [0.5, 0.6) is 0 Å². The van der Waals surface area contributed by atoms with E-state index in [9.17, 15) is 4.79 Å². The van der Waals surface area contributed by atoms with Gasteiger partial charge >= 0.3 is 0 Å². The van der Waals surface area contributed by atoms with Crippen molar-refractivity contribution < 1.29 is 0 Å². The zero-order valence-corrected chi connectivity index (χ0v) is 13.0. The predicted molar refractivity (Wildman–Crippen MR) is 83.0 cm³/mol. The van der Waals surface area contributed by atoms with Crippen LogP contribution in [-0.4, -0.2) is 11.1 Å². The molecule has 2 aromatic rings. The van der Waals surface area contributed by atoms with E-state index in [0.29, 0.717) is 5.02 Å². The monoisotopic (exact) mass is 306 g/mol. The van der Waals surface area contributed by atoms with Crippen LogP contribution in [-0.2, 0) is 6.54 Å². The number of aromatic nitrogens is 1. The summed E-state index contributed by atoms with van der Waals surface area (Å²) in [7, 11) is 0. The van der Waals surface area contributed by atoms with Gasteiger partial charge < -0.3 is 0 Å². The zero-order chi connectivity index (χ0) is 14.3. The average molecular weight is 307 g/mol. The fourth-order valence-corrected chi connectivity index (χ4v) is 3.34. The highest BCUT2D eigenvalue weighted by Crippen LogP contribution is 2.18. The van der Waals surface area contributed by atoms with E-state index >= 15 is 0 Å². The third-order valence-electron chi connectivity index (χ3n) is 3.28. The highest BCUT2D eigenvalue weighted by Gasteiger charge is 2.24. The van der Waals surface area contributed by atoms with Gasteiger partial charge in [0.05, 0.1) is 4.53 Å². The number of thiazole rings is 1. The van der Waals surface area contributed by atoms with Crippen molar-refractivity contribution in [2.24, 2.45) is 10.4 Å². The van der Waals surface area contributed by atoms with Crippen LogP contribution in [0, 0.1) is 5.41 Å². The molecule has 2 heterocycles. The summed E-state index contributed by atoms with van der Waals surface area (Å²) in [5, 5.41) is 0.695. The van der Waals surface area contributed by atoms with Crippen LogP contribution in [0.2, 0.25) is 5.02 Å². The molecule has 1 aliphatic heterocycles. The van der Waals surface area contributed by atoms with E-state index in [2.05, 4.69) is 18.8 Å². The van der Waals surface area contributed by atoms with Gasteiger partial charge in [-0.3, -0.25) is 14.4 Å². The van der Waals surface area contributed by atoms with Gasteiger partial charge in [-0.05, 0) is 23.8 Å². The number of hydrogen-bond acceptors (Lipinski definition) is 3. The molecule has 1 aromatic heterocycles. The molecule has 0 saturated heterocycles. The molecule has 0 fully saturated rings. The minimum atomic E-state index is 0.0510. The Morgan fingerprint density at radius 1 is 1.35 bits per heavy atom. The molecular formula is C15H15ClN2OS. The molecule has 0 unspecified atom stereocenters. The molecule has 1 aliphatic rings. The van der Waals surface area contributed by atoms with Crippen LogP contribution in [0.4, 0.5) is 0 Å². The summed E-state index contributed by atoms with van der Waals surface area (Å²) in [4.78, 5) is 17.8. The highest BCUT2D eigenvalue weighted by atomic mass is 35.5. The van der Waals surface area contributed by atoms with Crippen molar-refractivity contribution >= 4 is 29.0 Å². The van der Waals surface area contributed by atoms with Crippen LogP contribution in [0.1, 0.15) is 19.4 Å². The summed E-state index contributed by atoms with van der Waals surface area (Å²) in [6.45, 7) is 5.77. The molecule has 0 saturated carbocycles. The van der Waals surface area contributed by atoms with E-state index in [4.69, 9.17) is 11.6 Å². The van der Waals surface area contributed by atoms with Crippen molar-refractivity contribution in [2.45, 2.75) is 20.4 Å². The Labute approximate surface area is 125 Å². The van der Waals surface area contributed by atoms with Crippen LogP contribution in [0.25, 0.3) is 6.08 Å². The Hall–Kier alpha value is -1.39. The first-order chi connectivity index (χ1) is 9.44. The molecule has 0 amide bonds. The third-order valence-corrected chi connectivity index (χ3v) is 4.58. The van der Waals surface area contributed by atoms with Gasteiger partial charge in [-0.1, -0.05) is 48.9 Å². The average Bonchev–Trinajstić information content (AvgIpc) is 2.68. The lowest BCUT2D eigenvalue weighted by atomic mass is 9.93. The van der Waals surface area contributed by atoms with Gasteiger partial charge in [0.15, 0.2) is 4.80 Å². The van der Waals surface area contributed by atoms with Gasteiger partial charge in [0.25, 0.3) is 5.56 Å². The molecular weight excluding hydrogens is 292 g/mol. The molecule has 5 heteroatoms. The maximum Gasteiger partial charge on any atom is 0.270 e. The minimum Gasteiger partial charge on any atom is -0.283 e. The SMILES string of the molecule is CC1(C)CN=c2s/c(=C/c3ccc(Cl)cc3)c(=O)n2C1. The molecule has 20 heavy (non-hydrogen) atoms. The third kappa shape index (κ3) is 2.58. The van der Waals surface area contributed by atoms with E-state index in [1.54, 1.807) is 4.57 Å². The number of rotatable bonds is 1. The van der Waals surface area contributed by atoms with Gasteiger partial charge in [-0.2, -0.15) is 0 Å². The number of nitrogens with zero attached hydrogens (tertiary/aromatic N) is 2. The molecule has 0 radical (unpaired) electrons. The van der Waals surface area contributed by atoms with Crippen LogP contribution in [0.3, 0.4) is 0 Å². The Kier molecular flexibility index (Phi) is 3.30. The van der Waals surface area contributed by atoms with Gasteiger partial charge in [0, 0.05) is 23.5 Å². The maximum atomic E-state index is 12.4. The van der Waals surface area contributed by atoms with Crippen molar-refractivity contribution in [3.05, 3.63) is 54.5 Å². The van der Waals surface area contributed by atoms with Crippen molar-refractivity contribution in [3.63, 3.8) is 0 Å². The number of benzene rings is 1. The second-order valence-corrected chi connectivity index (χ2v) is 7.26. The summed E-state index contributed by atoms with van der Waals surface area (Å²) in [5.41, 5.74) is 1.08. The number of halogens is 1. The summed E-state index contributed by atoms with van der Waals surface area (Å²) < 4.78 is 2.51. The van der Waals surface area contributed by atoms with Crippen molar-refractivity contribution in [1.82, 2.24) is 4.57 Å². The largest absolute Gasteiger partial charge is 0.283 e. The highest BCUT2D eigenvalue weighted by molar-refractivity contribution is 7.07. The molecule has 0 aliphatic carbocycles. The zero-order valence-electron chi connectivity index (χ0n) is 11.4. The molecule has 3 rings (SSSR count). The lowest BCUT2D eigenvalue weighted by molar-refractivity contribution is 0.287. The van der Waals surface area contributed by atoms with Gasteiger partial charge in [0.1, 0.15) is 0 Å². The maximum absolute atomic E-state index is 12.4. The van der Waals surface area contributed by atoms with E-state index in [1.165, 1.54) is 11.3 Å². The molecule has 3 nitrogen and oxygen atoms in total.